The summed E-state index contributed by atoms with van der Waals surface area (Å²) in [6, 6.07) is 0. The van der Waals surface area contributed by atoms with E-state index in [1.165, 1.54) is 0 Å². The average molecular weight is 118 g/mol. The van der Waals surface area contributed by atoms with E-state index < -0.39 is 0 Å². The van der Waals surface area contributed by atoms with E-state index in [1.807, 2.05) is 11.8 Å². The van der Waals surface area contributed by atoms with Gasteiger partial charge in [0, 0.05) is 5.25 Å². The first-order valence-electron chi connectivity index (χ1n) is 2.56. The normalized spacial score (nSPS) is 42.0. The van der Waals surface area contributed by atoms with Crippen molar-refractivity contribution >= 4 is 11.8 Å². The van der Waals surface area contributed by atoms with Gasteiger partial charge in [0.05, 0.1) is 6.61 Å². The molecule has 1 aliphatic rings. The quantitative estimate of drug-likeness (QED) is 0.476. The second kappa shape index (κ2) is 2.05. The van der Waals surface area contributed by atoms with Crippen molar-refractivity contribution in [2.45, 2.75) is 24.5 Å². The smallest absolute Gasteiger partial charge is 0.100 e. The molecule has 0 bridgehead atoms. The van der Waals surface area contributed by atoms with Crippen LogP contribution in [0.25, 0.3) is 0 Å². The molecular weight excluding hydrogens is 108 g/mol. The summed E-state index contributed by atoms with van der Waals surface area (Å²) >= 11 is 1.90. The van der Waals surface area contributed by atoms with Crippen molar-refractivity contribution in [3.05, 3.63) is 0 Å². The van der Waals surface area contributed by atoms with Gasteiger partial charge in [0.15, 0.2) is 0 Å². The molecule has 0 unspecified atom stereocenters. The van der Waals surface area contributed by atoms with Gasteiger partial charge in [0.25, 0.3) is 0 Å². The molecule has 1 aliphatic heterocycles. The van der Waals surface area contributed by atoms with Crippen LogP contribution in [0.4, 0.5) is 0 Å². The summed E-state index contributed by atoms with van der Waals surface area (Å²) in [7, 11) is 0. The molecule has 0 N–H and O–H groups in total. The summed E-state index contributed by atoms with van der Waals surface area (Å²) in [5, 5.41) is 0.718. The van der Waals surface area contributed by atoms with E-state index in [0.29, 0.717) is 5.44 Å². The fourth-order valence-corrected chi connectivity index (χ4v) is 1.65. The SMILES string of the molecule is C[C@H]1CO[C@H](C)S1. The number of hydrogen-bond donors (Lipinski definition) is 0. The predicted octanol–water partition coefficient (Wildman–Crippen LogP) is 1.48. The van der Waals surface area contributed by atoms with Crippen molar-refractivity contribution in [2.75, 3.05) is 6.61 Å². The van der Waals surface area contributed by atoms with E-state index in [-0.39, 0.29) is 0 Å². The first kappa shape index (κ1) is 5.45. The molecule has 2 heteroatoms. The zero-order valence-electron chi connectivity index (χ0n) is 4.68. The first-order valence-corrected chi connectivity index (χ1v) is 3.50. The minimum atomic E-state index is 0.440. The van der Waals surface area contributed by atoms with Crippen molar-refractivity contribution in [2.24, 2.45) is 0 Å². The van der Waals surface area contributed by atoms with E-state index in [0.717, 1.165) is 11.9 Å². The van der Waals surface area contributed by atoms with Gasteiger partial charge in [-0.25, -0.2) is 0 Å². The Labute approximate surface area is 48.4 Å². The maximum Gasteiger partial charge on any atom is 0.100 e. The lowest BCUT2D eigenvalue weighted by atomic mass is 10.5. The summed E-state index contributed by atoms with van der Waals surface area (Å²) in [4.78, 5) is 0. The molecule has 1 heterocycles. The van der Waals surface area contributed by atoms with Crippen LogP contribution in [0.2, 0.25) is 0 Å². The van der Waals surface area contributed by atoms with E-state index >= 15 is 0 Å². The topological polar surface area (TPSA) is 9.23 Å². The Hall–Kier alpha value is 0.310. The third-order valence-electron chi connectivity index (χ3n) is 0.990. The summed E-state index contributed by atoms with van der Waals surface area (Å²) < 4.78 is 5.23. The standard InChI is InChI=1S/C5H10OS/c1-4-3-6-5(2)7-4/h4-5H,3H2,1-2H3/t4-,5-/m0/s1. The van der Waals surface area contributed by atoms with Crippen LogP contribution in [-0.4, -0.2) is 17.3 Å². The number of rotatable bonds is 0. The Kier molecular flexibility index (Phi) is 1.60. The predicted molar refractivity (Wildman–Crippen MR) is 32.5 cm³/mol. The van der Waals surface area contributed by atoms with Crippen LogP contribution >= 0.6 is 11.8 Å². The molecule has 0 spiro atoms. The third-order valence-corrected chi connectivity index (χ3v) is 2.11. The van der Waals surface area contributed by atoms with Crippen molar-refractivity contribution in [1.29, 1.82) is 0 Å². The Morgan fingerprint density at radius 1 is 1.57 bits per heavy atom. The molecular formula is C5H10OS. The molecule has 0 aromatic heterocycles. The molecule has 0 aromatic carbocycles. The van der Waals surface area contributed by atoms with Gasteiger partial charge < -0.3 is 4.74 Å². The molecule has 1 saturated heterocycles. The molecule has 0 radical (unpaired) electrons. The van der Waals surface area contributed by atoms with E-state index in [1.54, 1.807) is 0 Å². The van der Waals surface area contributed by atoms with Gasteiger partial charge in [0.1, 0.15) is 5.44 Å². The summed E-state index contributed by atoms with van der Waals surface area (Å²) in [5.41, 5.74) is 0.440. The summed E-state index contributed by atoms with van der Waals surface area (Å²) in [6.45, 7) is 5.22. The second-order valence-electron chi connectivity index (χ2n) is 1.85. The van der Waals surface area contributed by atoms with Crippen molar-refractivity contribution in [1.82, 2.24) is 0 Å². The molecule has 0 amide bonds. The molecule has 0 saturated carbocycles. The highest BCUT2D eigenvalue weighted by Crippen LogP contribution is 2.25. The molecule has 0 aliphatic carbocycles. The van der Waals surface area contributed by atoms with Crippen LogP contribution < -0.4 is 0 Å². The number of ether oxygens (including phenoxy) is 1. The molecule has 42 valence electrons. The lowest BCUT2D eigenvalue weighted by Crippen LogP contribution is -1.94. The van der Waals surface area contributed by atoms with E-state index in [9.17, 15) is 0 Å². The Morgan fingerprint density at radius 2 is 2.29 bits per heavy atom. The van der Waals surface area contributed by atoms with Crippen molar-refractivity contribution in [3.8, 4) is 0 Å². The fourth-order valence-electron chi connectivity index (χ4n) is 0.677. The lowest BCUT2D eigenvalue weighted by Gasteiger charge is -1.94. The van der Waals surface area contributed by atoms with Gasteiger partial charge in [-0.15, -0.1) is 11.8 Å². The molecule has 1 fully saturated rings. The maximum atomic E-state index is 5.23. The molecule has 1 rings (SSSR count). The average Bonchev–Trinajstić information content (AvgIpc) is 1.87. The Balaban J connectivity index is 2.26. The monoisotopic (exact) mass is 118 g/mol. The number of thioether (sulfide) groups is 1. The first-order chi connectivity index (χ1) is 3.29. The van der Waals surface area contributed by atoms with E-state index in [2.05, 4.69) is 13.8 Å². The third kappa shape index (κ3) is 1.35. The lowest BCUT2D eigenvalue weighted by molar-refractivity contribution is 0.147. The zero-order valence-corrected chi connectivity index (χ0v) is 5.49. The van der Waals surface area contributed by atoms with Crippen molar-refractivity contribution in [3.63, 3.8) is 0 Å². The highest BCUT2D eigenvalue weighted by atomic mass is 32.2. The van der Waals surface area contributed by atoms with Crippen LogP contribution in [-0.2, 0) is 4.74 Å². The molecule has 0 aromatic rings. The highest BCUT2D eigenvalue weighted by molar-refractivity contribution is 8.00. The highest BCUT2D eigenvalue weighted by Gasteiger charge is 2.16. The maximum absolute atomic E-state index is 5.23. The minimum absolute atomic E-state index is 0.440. The van der Waals surface area contributed by atoms with Gasteiger partial charge in [-0.3, -0.25) is 0 Å². The zero-order chi connectivity index (χ0) is 5.28. The summed E-state index contributed by atoms with van der Waals surface area (Å²) in [6.07, 6.45) is 0. The van der Waals surface area contributed by atoms with Gasteiger partial charge in [-0.05, 0) is 6.92 Å². The van der Waals surface area contributed by atoms with Gasteiger partial charge in [0.2, 0.25) is 0 Å². The molecule has 1 nitrogen and oxygen atoms in total. The van der Waals surface area contributed by atoms with Crippen LogP contribution in [0.1, 0.15) is 13.8 Å². The number of hydrogen-bond acceptors (Lipinski definition) is 2. The minimum Gasteiger partial charge on any atom is -0.367 e. The second-order valence-corrected chi connectivity index (χ2v) is 3.59. The van der Waals surface area contributed by atoms with Crippen LogP contribution in [0, 0.1) is 0 Å². The largest absolute Gasteiger partial charge is 0.367 e. The van der Waals surface area contributed by atoms with E-state index in [4.69, 9.17) is 4.74 Å². The van der Waals surface area contributed by atoms with Crippen molar-refractivity contribution < 1.29 is 4.74 Å². The van der Waals surface area contributed by atoms with Crippen LogP contribution in [0.3, 0.4) is 0 Å². The molecule has 2 atom stereocenters. The van der Waals surface area contributed by atoms with Gasteiger partial charge >= 0.3 is 0 Å². The van der Waals surface area contributed by atoms with Crippen LogP contribution in [0.15, 0.2) is 0 Å². The fraction of sp³-hybridized carbons (Fsp3) is 1.00. The Bertz CT molecular complexity index is 57.1. The van der Waals surface area contributed by atoms with Gasteiger partial charge in [-0.1, -0.05) is 6.92 Å². The Morgan fingerprint density at radius 3 is 2.43 bits per heavy atom. The van der Waals surface area contributed by atoms with Crippen LogP contribution in [0.5, 0.6) is 0 Å². The molecule has 7 heavy (non-hydrogen) atoms. The summed E-state index contributed by atoms with van der Waals surface area (Å²) in [5.74, 6) is 0. The van der Waals surface area contributed by atoms with Gasteiger partial charge in [-0.2, -0.15) is 0 Å².